The summed E-state index contributed by atoms with van der Waals surface area (Å²) in [5, 5.41) is 0.918. The van der Waals surface area contributed by atoms with Crippen molar-refractivity contribution in [1.29, 1.82) is 0 Å². The highest BCUT2D eigenvalue weighted by atomic mass is 19.3. The first-order chi connectivity index (χ1) is 17.8. The molecule has 1 aromatic carbocycles. The molecule has 0 amide bonds. The van der Waals surface area contributed by atoms with E-state index in [-0.39, 0.29) is 12.6 Å². The van der Waals surface area contributed by atoms with Crippen molar-refractivity contribution < 1.29 is 23.0 Å². The maximum absolute atomic E-state index is 13.3. The molecule has 2 heterocycles. The van der Waals surface area contributed by atoms with Crippen LogP contribution in [0.15, 0.2) is 42.1 Å². The second-order valence-corrected chi connectivity index (χ2v) is 11.3. The molecule has 1 aromatic heterocycles. The number of ether oxygens (including phenoxy) is 2. The molecule has 1 saturated heterocycles. The van der Waals surface area contributed by atoms with Gasteiger partial charge >= 0.3 is 6.09 Å². The number of rotatable bonds is 8. The highest BCUT2D eigenvalue weighted by Gasteiger charge is 2.31. The summed E-state index contributed by atoms with van der Waals surface area (Å²) in [5.41, 5.74) is 3.14. The van der Waals surface area contributed by atoms with E-state index in [2.05, 4.69) is 37.0 Å². The fourth-order valence-electron chi connectivity index (χ4n) is 5.02. The normalized spacial score (nSPS) is 18.3. The van der Waals surface area contributed by atoms with Gasteiger partial charge in [-0.2, -0.15) is 0 Å². The van der Waals surface area contributed by atoms with E-state index in [1.807, 2.05) is 51.7 Å². The molecule has 0 aliphatic carbocycles. The molecule has 3 rings (SSSR count). The summed E-state index contributed by atoms with van der Waals surface area (Å²) >= 11 is 0. The lowest BCUT2D eigenvalue weighted by atomic mass is 9.97. The second kappa shape index (κ2) is 12.4. The first kappa shape index (κ1) is 29.8. The summed E-state index contributed by atoms with van der Waals surface area (Å²) < 4.78 is 39.5. The zero-order valence-corrected chi connectivity index (χ0v) is 24.1. The Kier molecular flexibility index (Phi) is 9.76. The molecular formula is C30H43F2N3O3. The Labute approximate surface area is 225 Å². The number of alkyl halides is 2. The molecule has 1 aliphatic rings. The SMILES string of the molecule is C/C=C(\C=C/C(C)C)C1CN(CC(F)F)CCN1Cc1c(OC)cc(C)c2c1ccn2C(=O)OC(C)(C)C. The largest absolute Gasteiger partial charge is 0.496 e. The standard InChI is InChI=1S/C30H43F2N3O3/c1-9-22(11-10-20(2)3)25-18-33(19-27(31)32)14-15-34(25)17-24-23-12-13-35(29(36)38-30(5,6)7)28(23)21(4)16-26(24)37-8/h9-13,16,20,25,27H,14-15,17-19H2,1-8H3/b11-10-,22-9+. The third-order valence-corrected chi connectivity index (χ3v) is 6.76. The Hall–Kier alpha value is -2.71. The summed E-state index contributed by atoms with van der Waals surface area (Å²) in [6.45, 7) is 15.8. The van der Waals surface area contributed by atoms with Gasteiger partial charge in [-0.05, 0) is 63.8 Å². The first-order valence-electron chi connectivity index (χ1n) is 13.3. The number of allylic oxidation sites excluding steroid dienone is 2. The van der Waals surface area contributed by atoms with Crippen LogP contribution in [-0.2, 0) is 11.3 Å². The Balaban J connectivity index is 2.04. The molecule has 0 radical (unpaired) electrons. The van der Waals surface area contributed by atoms with E-state index in [1.165, 1.54) is 0 Å². The summed E-state index contributed by atoms with van der Waals surface area (Å²) in [7, 11) is 1.65. The van der Waals surface area contributed by atoms with Crippen molar-refractivity contribution in [3.8, 4) is 5.75 Å². The van der Waals surface area contributed by atoms with Crippen molar-refractivity contribution in [2.24, 2.45) is 5.92 Å². The van der Waals surface area contributed by atoms with E-state index in [0.29, 0.717) is 32.1 Å². The van der Waals surface area contributed by atoms with Gasteiger partial charge in [-0.25, -0.2) is 13.6 Å². The van der Waals surface area contributed by atoms with E-state index >= 15 is 0 Å². The minimum Gasteiger partial charge on any atom is -0.496 e. The van der Waals surface area contributed by atoms with Gasteiger partial charge in [0.25, 0.3) is 6.43 Å². The molecule has 0 saturated carbocycles. The summed E-state index contributed by atoms with van der Waals surface area (Å²) in [4.78, 5) is 17.2. The Morgan fingerprint density at radius 3 is 2.53 bits per heavy atom. The van der Waals surface area contributed by atoms with Gasteiger partial charge in [0, 0.05) is 49.4 Å². The smallest absolute Gasteiger partial charge is 0.419 e. The summed E-state index contributed by atoms with van der Waals surface area (Å²) in [6.07, 6.45) is 5.28. The number of halogens is 2. The monoisotopic (exact) mass is 531 g/mol. The number of fused-ring (bicyclic) bond motifs is 1. The van der Waals surface area contributed by atoms with Crippen molar-refractivity contribution >= 4 is 17.0 Å². The number of aromatic nitrogens is 1. The minimum atomic E-state index is -2.37. The van der Waals surface area contributed by atoms with Gasteiger partial charge in [0.15, 0.2) is 0 Å². The predicted octanol–water partition coefficient (Wildman–Crippen LogP) is 6.65. The average molecular weight is 532 g/mol. The van der Waals surface area contributed by atoms with Crippen LogP contribution in [0.4, 0.5) is 13.6 Å². The molecule has 2 aromatic rings. The van der Waals surface area contributed by atoms with Gasteiger partial charge in [0.2, 0.25) is 0 Å². The average Bonchev–Trinajstić information content (AvgIpc) is 3.27. The van der Waals surface area contributed by atoms with Gasteiger partial charge < -0.3 is 9.47 Å². The summed E-state index contributed by atoms with van der Waals surface area (Å²) in [5.74, 6) is 1.12. The molecule has 1 aliphatic heterocycles. The van der Waals surface area contributed by atoms with E-state index in [9.17, 15) is 13.6 Å². The van der Waals surface area contributed by atoms with Crippen molar-refractivity contribution in [2.45, 2.75) is 73.1 Å². The van der Waals surface area contributed by atoms with Crippen molar-refractivity contribution in [2.75, 3.05) is 33.3 Å². The van der Waals surface area contributed by atoms with Gasteiger partial charge in [-0.1, -0.05) is 32.1 Å². The molecule has 8 heteroatoms. The van der Waals surface area contributed by atoms with Crippen LogP contribution in [0.1, 0.15) is 52.7 Å². The molecule has 1 fully saturated rings. The molecule has 0 N–H and O–H groups in total. The first-order valence-corrected chi connectivity index (χ1v) is 13.3. The third kappa shape index (κ3) is 7.23. The molecule has 210 valence electrons. The van der Waals surface area contributed by atoms with E-state index in [4.69, 9.17) is 9.47 Å². The van der Waals surface area contributed by atoms with E-state index in [0.717, 1.165) is 33.4 Å². The molecule has 1 unspecified atom stereocenters. The van der Waals surface area contributed by atoms with Crippen LogP contribution in [0.3, 0.4) is 0 Å². The van der Waals surface area contributed by atoms with Crippen LogP contribution in [0.5, 0.6) is 5.75 Å². The lowest BCUT2D eigenvalue weighted by molar-refractivity contribution is 0.0357. The third-order valence-electron chi connectivity index (χ3n) is 6.76. The molecule has 0 spiro atoms. The van der Waals surface area contributed by atoms with Gasteiger partial charge in [-0.3, -0.25) is 14.4 Å². The van der Waals surface area contributed by atoms with Crippen LogP contribution < -0.4 is 4.74 Å². The van der Waals surface area contributed by atoms with Crippen molar-refractivity contribution in [3.63, 3.8) is 0 Å². The molecule has 38 heavy (non-hydrogen) atoms. The van der Waals surface area contributed by atoms with Gasteiger partial charge in [0.05, 0.1) is 19.2 Å². The maximum atomic E-state index is 13.3. The van der Waals surface area contributed by atoms with Crippen LogP contribution in [0.2, 0.25) is 0 Å². The van der Waals surface area contributed by atoms with Crippen LogP contribution >= 0.6 is 0 Å². The zero-order chi connectivity index (χ0) is 28.2. The molecule has 1 atom stereocenters. The highest BCUT2D eigenvalue weighted by molar-refractivity contribution is 5.95. The number of hydrogen-bond acceptors (Lipinski definition) is 5. The number of benzene rings is 1. The Morgan fingerprint density at radius 1 is 1.24 bits per heavy atom. The van der Waals surface area contributed by atoms with Crippen molar-refractivity contribution in [1.82, 2.24) is 14.4 Å². The number of methoxy groups -OCH3 is 1. The van der Waals surface area contributed by atoms with E-state index < -0.39 is 18.1 Å². The fraction of sp³-hybridized carbons (Fsp3) is 0.567. The Morgan fingerprint density at radius 2 is 1.95 bits per heavy atom. The topological polar surface area (TPSA) is 46.9 Å². The highest BCUT2D eigenvalue weighted by Crippen LogP contribution is 2.35. The van der Waals surface area contributed by atoms with Gasteiger partial charge in [-0.15, -0.1) is 0 Å². The number of nitrogens with zero attached hydrogens (tertiary/aromatic N) is 3. The van der Waals surface area contributed by atoms with Crippen LogP contribution in [0, 0.1) is 12.8 Å². The zero-order valence-electron chi connectivity index (χ0n) is 24.1. The quantitative estimate of drug-likeness (QED) is 0.357. The van der Waals surface area contributed by atoms with Crippen LogP contribution in [-0.4, -0.2) is 71.8 Å². The van der Waals surface area contributed by atoms with E-state index in [1.54, 1.807) is 17.9 Å². The number of piperazine rings is 1. The van der Waals surface area contributed by atoms with Crippen LogP contribution in [0.25, 0.3) is 10.9 Å². The predicted molar refractivity (Wildman–Crippen MR) is 149 cm³/mol. The molecule has 0 bridgehead atoms. The molecule has 6 nitrogen and oxygen atoms in total. The second-order valence-electron chi connectivity index (χ2n) is 11.3. The number of aryl methyl sites for hydroxylation is 1. The van der Waals surface area contributed by atoms with Crippen molar-refractivity contribution in [3.05, 3.63) is 53.3 Å². The Bertz CT molecular complexity index is 1180. The number of hydrogen-bond donors (Lipinski definition) is 0. The number of carbonyl (C=O) groups is 1. The van der Waals surface area contributed by atoms with Gasteiger partial charge in [0.1, 0.15) is 11.4 Å². The number of carbonyl (C=O) groups excluding carboxylic acids is 1. The lowest BCUT2D eigenvalue weighted by Crippen LogP contribution is -2.54. The maximum Gasteiger partial charge on any atom is 0.419 e. The summed E-state index contributed by atoms with van der Waals surface area (Å²) in [6, 6.07) is 3.83. The minimum absolute atomic E-state index is 0.0588. The lowest BCUT2D eigenvalue weighted by Gasteiger charge is -2.42. The molecular weight excluding hydrogens is 488 g/mol. The fourth-order valence-corrected chi connectivity index (χ4v) is 5.02.